The van der Waals surface area contributed by atoms with Gasteiger partial charge in [-0.15, -0.1) is 0 Å². The largest absolute Gasteiger partial charge is 0.549 e. The van der Waals surface area contributed by atoms with Crippen LogP contribution in [0.1, 0.15) is 44.0 Å². The van der Waals surface area contributed by atoms with Gasteiger partial charge in [-0.25, -0.2) is 5.43 Å². The minimum absolute atomic E-state index is 0.0928. The highest BCUT2D eigenvalue weighted by atomic mass is 35.5. The van der Waals surface area contributed by atoms with E-state index in [-0.39, 0.29) is 12.1 Å². The molecule has 1 aromatic carbocycles. The van der Waals surface area contributed by atoms with E-state index in [1.165, 1.54) is 12.1 Å². The average Bonchev–Trinajstić information content (AvgIpc) is 2.82. The summed E-state index contributed by atoms with van der Waals surface area (Å²) >= 11 is 5.79. The Balaban J connectivity index is 1.94. The van der Waals surface area contributed by atoms with Crippen molar-refractivity contribution in [3.05, 3.63) is 34.9 Å². The lowest BCUT2D eigenvalue weighted by Crippen LogP contribution is -2.51. The van der Waals surface area contributed by atoms with Gasteiger partial charge in [-0.3, -0.25) is 9.59 Å². The predicted octanol–water partition coefficient (Wildman–Crippen LogP) is 1.57. The number of nitrogens with zero attached hydrogens (tertiary/aromatic N) is 1. The SMILES string of the molecule is CC1(C)[C@]2(C(=O)[O-])CC[C@@]1(C)/C(=N\NC(=O)c1ccc(Cl)cc1)C2=O. The second-order valence-electron chi connectivity index (χ2n) is 7.39. The number of nitrogens with one attached hydrogen (secondary N) is 1. The van der Waals surface area contributed by atoms with E-state index in [0.717, 1.165) is 0 Å². The first-order valence-corrected chi connectivity index (χ1v) is 8.36. The van der Waals surface area contributed by atoms with Crippen LogP contribution in [-0.4, -0.2) is 23.4 Å². The maximum absolute atomic E-state index is 12.8. The number of benzene rings is 1. The van der Waals surface area contributed by atoms with E-state index in [1.807, 2.05) is 6.92 Å². The van der Waals surface area contributed by atoms with E-state index in [4.69, 9.17) is 11.6 Å². The smallest absolute Gasteiger partial charge is 0.271 e. The quantitative estimate of drug-likeness (QED) is 0.652. The third-order valence-corrected chi connectivity index (χ3v) is 6.55. The van der Waals surface area contributed by atoms with Crippen molar-refractivity contribution in [1.29, 1.82) is 0 Å². The standard InChI is InChI=1S/C18H19ClN2O4/c1-16(2)17(3)8-9-18(16,15(24)25)13(22)12(17)20-21-14(23)10-4-6-11(19)7-5-10/h4-7H,8-9H2,1-3H3,(H,21,23)(H,24,25)/p-1/b20-12-/t17-,18+/m0/s1. The summed E-state index contributed by atoms with van der Waals surface area (Å²) in [7, 11) is 0. The van der Waals surface area contributed by atoms with Gasteiger partial charge in [-0.1, -0.05) is 32.4 Å². The van der Waals surface area contributed by atoms with Gasteiger partial charge in [0.2, 0.25) is 0 Å². The lowest BCUT2D eigenvalue weighted by Gasteiger charge is -2.39. The monoisotopic (exact) mass is 361 g/mol. The Bertz CT molecular complexity index is 815. The topological polar surface area (TPSA) is 98.7 Å². The molecule has 2 saturated carbocycles. The molecule has 25 heavy (non-hydrogen) atoms. The molecule has 2 fully saturated rings. The molecule has 1 amide bonds. The van der Waals surface area contributed by atoms with Crippen LogP contribution in [0, 0.1) is 16.2 Å². The Labute approximate surface area is 150 Å². The number of ketones is 1. The molecular weight excluding hydrogens is 344 g/mol. The van der Waals surface area contributed by atoms with Crippen molar-refractivity contribution < 1.29 is 19.5 Å². The summed E-state index contributed by atoms with van der Waals surface area (Å²) in [6, 6.07) is 6.22. The van der Waals surface area contributed by atoms with E-state index < -0.39 is 33.9 Å². The lowest BCUT2D eigenvalue weighted by molar-refractivity contribution is -0.320. The molecule has 2 atom stereocenters. The van der Waals surface area contributed by atoms with Crippen LogP contribution in [0.2, 0.25) is 5.02 Å². The summed E-state index contributed by atoms with van der Waals surface area (Å²) in [4.78, 5) is 36.8. The molecular formula is C18H18ClN2O4-. The number of amides is 1. The van der Waals surface area contributed by atoms with E-state index >= 15 is 0 Å². The molecule has 6 nitrogen and oxygen atoms in total. The van der Waals surface area contributed by atoms with Gasteiger partial charge < -0.3 is 9.90 Å². The molecule has 7 heteroatoms. The third-order valence-electron chi connectivity index (χ3n) is 6.30. The molecule has 1 N–H and O–H groups in total. The zero-order chi connectivity index (χ0) is 18.6. The van der Waals surface area contributed by atoms with E-state index in [9.17, 15) is 19.5 Å². The molecule has 2 aliphatic carbocycles. The fourth-order valence-corrected chi connectivity index (χ4v) is 4.32. The van der Waals surface area contributed by atoms with Gasteiger partial charge >= 0.3 is 0 Å². The van der Waals surface area contributed by atoms with Crippen LogP contribution in [0.3, 0.4) is 0 Å². The van der Waals surface area contributed by atoms with Crippen LogP contribution in [0.15, 0.2) is 29.4 Å². The number of hydrogen-bond acceptors (Lipinski definition) is 5. The number of carboxylic acids is 1. The third kappa shape index (κ3) is 2.10. The second-order valence-corrected chi connectivity index (χ2v) is 7.82. The zero-order valence-electron chi connectivity index (χ0n) is 14.2. The number of fused-ring (bicyclic) bond motifs is 2. The Morgan fingerprint density at radius 1 is 1.16 bits per heavy atom. The normalized spacial score (nSPS) is 31.4. The average molecular weight is 362 g/mol. The summed E-state index contributed by atoms with van der Waals surface area (Å²) < 4.78 is 0. The Morgan fingerprint density at radius 2 is 1.76 bits per heavy atom. The van der Waals surface area contributed by atoms with Crippen molar-refractivity contribution in [2.45, 2.75) is 33.6 Å². The summed E-state index contributed by atoms with van der Waals surface area (Å²) in [6.07, 6.45) is 0.719. The van der Waals surface area contributed by atoms with Crippen LogP contribution >= 0.6 is 11.6 Å². The van der Waals surface area contributed by atoms with Crippen LogP contribution in [0.4, 0.5) is 0 Å². The van der Waals surface area contributed by atoms with Gasteiger partial charge in [0.1, 0.15) is 5.71 Å². The number of carbonyl (C=O) groups excluding carboxylic acids is 3. The molecule has 3 rings (SSSR count). The van der Waals surface area contributed by atoms with Crippen molar-refractivity contribution in [3.8, 4) is 0 Å². The van der Waals surface area contributed by atoms with Gasteiger partial charge in [-0.2, -0.15) is 5.10 Å². The molecule has 132 valence electrons. The molecule has 0 heterocycles. The minimum atomic E-state index is -1.59. The number of rotatable bonds is 3. The van der Waals surface area contributed by atoms with Crippen LogP contribution in [0.25, 0.3) is 0 Å². The highest BCUT2D eigenvalue weighted by Gasteiger charge is 2.74. The van der Waals surface area contributed by atoms with E-state index in [2.05, 4.69) is 10.5 Å². The highest BCUT2D eigenvalue weighted by molar-refractivity contribution is 6.50. The number of carboxylic acid groups (broad SMARTS) is 1. The molecule has 0 spiro atoms. The number of halogens is 1. The highest BCUT2D eigenvalue weighted by Crippen LogP contribution is 2.69. The fraction of sp³-hybridized carbons (Fsp3) is 0.444. The number of hydrogen-bond donors (Lipinski definition) is 1. The van der Waals surface area contributed by atoms with Crippen molar-refractivity contribution in [3.63, 3.8) is 0 Å². The summed E-state index contributed by atoms with van der Waals surface area (Å²) in [6.45, 7) is 5.31. The summed E-state index contributed by atoms with van der Waals surface area (Å²) in [5, 5.41) is 16.3. The molecule has 0 unspecified atom stereocenters. The van der Waals surface area contributed by atoms with Crippen molar-refractivity contribution in [2.75, 3.05) is 0 Å². The molecule has 0 saturated heterocycles. The molecule has 2 bridgehead atoms. The number of aliphatic carboxylic acids is 1. The second kappa shape index (κ2) is 5.39. The van der Waals surface area contributed by atoms with Crippen molar-refractivity contribution in [1.82, 2.24) is 5.43 Å². The maximum atomic E-state index is 12.8. The molecule has 0 radical (unpaired) electrons. The summed E-state index contributed by atoms with van der Waals surface area (Å²) in [5.74, 6) is -2.44. The first kappa shape index (κ1) is 17.6. The number of Topliss-reactive ketones (excluding diaryl/α,β-unsaturated/α-hetero) is 1. The van der Waals surface area contributed by atoms with Gasteiger partial charge in [0, 0.05) is 16.0 Å². The first-order chi connectivity index (χ1) is 11.6. The van der Waals surface area contributed by atoms with E-state index in [1.54, 1.807) is 26.0 Å². The van der Waals surface area contributed by atoms with Gasteiger partial charge in [-0.05, 0) is 42.5 Å². The van der Waals surface area contributed by atoms with Crippen LogP contribution in [0.5, 0.6) is 0 Å². The van der Waals surface area contributed by atoms with Gasteiger partial charge in [0.25, 0.3) is 5.91 Å². The Hall–Kier alpha value is -2.21. The van der Waals surface area contributed by atoms with E-state index in [0.29, 0.717) is 17.0 Å². The Kier molecular flexibility index (Phi) is 3.80. The van der Waals surface area contributed by atoms with Crippen LogP contribution in [-0.2, 0) is 9.59 Å². The summed E-state index contributed by atoms with van der Waals surface area (Å²) in [5.41, 5.74) is -0.382. The molecule has 0 aliphatic heterocycles. The predicted molar refractivity (Wildman–Crippen MR) is 89.9 cm³/mol. The lowest BCUT2D eigenvalue weighted by atomic mass is 9.65. The van der Waals surface area contributed by atoms with Crippen molar-refractivity contribution in [2.24, 2.45) is 21.3 Å². The minimum Gasteiger partial charge on any atom is -0.549 e. The first-order valence-electron chi connectivity index (χ1n) is 7.98. The van der Waals surface area contributed by atoms with Gasteiger partial charge in [0.05, 0.1) is 11.4 Å². The van der Waals surface area contributed by atoms with Gasteiger partial charge in [0.15, 0.2) is 5.78 Å². The Morgan fingerprint density at radius 3 is 2.28 bits per heavy atom. The molecule has 1 aromatic rings. The molecule has 0 aromatic heterocycles. The number of hydrazone groups is 1. The molecule has 2 aliphatic rings. The number of carbonyl (C=O) groups is 3. The maximum Gasteiger partial charge on any atom is 0.271 e. The zero-order valence-corrected chi connectivity index (χ0v) is 14.9. The van der Waals surface area contributed by atoms with Crippen LogP contribution < -0.4 is 10.5 Å². The van der Waals surface area contributed by atoms with Crippen molar-refractivity contribution >= 4 is 35.0 Å². The fourth-order valence-electron chi connectivity index (χ4n) is 4.19.